The maximum absolute atomic E-state index is 9.72. The van der Waals surface area contributed by atoms with Gasteiger partial charge in [-0.2, -0.15) is 0 Å². The fraction of sp³-hybridized carbons (Fsp3) is 0.231. The maximum atomic E-state index is 9.72. The van der Waals surface area contributed by atoms with Crippen LogP contribution in [0.3, 0.4) is 0 Å². The van der Waals surface area contributed by atoms with Crippen molar-refractivity contribution in [3.05, 3.63) is 47.9 Å². The Labute approximate surface area is 99.4 Å². The van der Waals surface area contributed by atoms with Gasteiger partial charge in [0, 0.05) is 11.9 Å². The zero-order valence-corrected chi connectivity index (χ0v) is 9.30. The van der Waals surface area contributed by atoms with E-state index in [1.54, 1.807) is 6.20 Å². The van der Waals surface area contributed by atoms with Gasteiger partial charge in [-0.15, -0.1) is 0 Å². The van der Waals surface area contributed by atoms with E-state index in [1.807, 2.05) is 18.2 Å². The molecule has 86 valence electrons. The molecule has 0 aliphatic heterocycles. The van der Waals surface area contributed by atoms with Crippen LogP contribution in [0.4, 0.5) is 11.5 Å². The first kappa shape index (κ1) is 10.2. The number of aliphatic hydroxyl groups is 1. The summed E-state index contributed by atoms with van der Waals surface area (Å²) in [5, 5.41) is 12.9. The first-order valence-electron chi connectivity index (χ1n) is 5.67. The molecule has 1 aromatic heterocycles. The summed E-state index contributed by atoms with van der Waals surface area (Å²) < 4.78 is 0. The fourth-order valence-corrected chi connectivity index (χ4v) is 2.19. The lowest BCUT2D eigenvalue weighted by Crippen LogP contribution is -1.95. The van der Waals surface area contributed by atoms with Crippen molar-refractivity contribution >= 4 is 11.5 Å². The van der Waals surface area contributed by atoms with E-state index < -0.39 is 0 Å². The molecule has 2 aromatic rings. The van der Waals surface area contributed by atoms with Gasteiger partial charge in [-0.3, -0.25) is 0 Å². The van der Waals surface area contributed by atoms with Gasteiger partial charge in [0.1, 0.15) is 12.1 Å². The Morgan fingerprint density at radius 3 is 3.06 bits per heavy atom. The molecular formula is C13H13N3O. The predicted molar refractivity (Wildman–Crippen MR) is 65.0 cm³/mol. The average molecular weight is 227 g/mol. The third-order valence-corrected chi connectivity index (χ3v) is 3.04. The van der Waals surface area contributed by atoms with Gasteiger partial charge in [0.15, 0.2) is 0 Å². The molecule has 1 unspecified atom stereocenters. The molecule has 2 N–H and O–H groups in total. The molecule has 4 heteroatoms. The fourth-order valence-electron chi connectivity index (χ4n) is 2.19. The summed E-state index contributed by atoms with van der Waals surface area (Å²) in [6.45, 7) is 0. The van der Waals surface area contributed by atoms with Crippen LogP contribution in [-0.4, -0.2) is 15.1 Å². The minimum Gasteiger partial charge on any atom is -0.388 e. The van der Waals surface area contributed by atoms with Crippen LogP contribution in [0.2, 0.25) is 0 Å². The molecule has 0 fully saturated rings. The summed E-state index contributed by atoms with van der Waals surface area (Å²) >= 11 is 0. The van der Waals surface area contributed by atoms with Crippen molar-refractivity contribution in [1.82, 2.24) is 9.97 Å². The van der Waals surface area contributed by atoms with E-state index in [1.165, 1.54) is 11.9 Å². The molecule has 1 aliphatic rings. The molecule has 0 radical (unpaired) electrons. The molecule has 0 bridgehead atoms. The molecule has 1 atom stereocenters. The van der Waals surface area contributed by atoms with Gasteiger partial charge in [0.25, 0.3) is 0 Å². The molecule has 0 saturated carbocycles. The minimum atomic E-state index is -0.293. The van der Waals surface area contributed by atoms with Crippen molar-refractivity contribution in [2.75, 3.05) is 5.32 Å². The lowest BCUT2D eigenvalue weighted by molar-refractivity contribution is 0.180. The van der Waals surface area contributed by atoms with Crippen LogP contribution in [0, 0.1) is 0 Å². The Morgan fingerprint density at radius 1 is 1.29 bits per heavy atom. The Kier molecular flexibility index (Phi) is 2.49. The molecule has 3 rings (SSSR count). The zero-order chi connectivity index (χ0) is 11.7. The van der Waals surface area contributed by atoms with E-state index in [9.17, 15) is 5.11 Å². The molecular weight excluding hydrogens is 214 g/mol. The largest absolute Gasteiger partial charge is 0.388 e. The highest BCUT2D eigenvalue weighted by Crippen LogP contribution is 2.33. The van der Waals surface area contributed by atoms with Crippen molar-refractivity contribution in [2.45, 2.75) is 18.9 Å². The van der Waals surface area contributed by atoms with Crippen LogP contribution in [0.5, 0.6) is 0 Å². The van der Waals surface area contributed by atoms with Gasteiger partial charge >= 0.3 is 0 Å². The van der Waals surface area contributed by atoms with Crippen LogP contribution in [0.15, 0.2) is 36.8 Å². The van der Waals surface area contributed by atoms with Crippen molar-refractivity contribution < 1.29 is 5.11 Å². The number of rotatable bonds is 2. The lowest BCUT2D eigenvalue weighted by Gasteiger charge is -2.08. The van der Waals surface area contributed by atoms with E-state index in [-0.39, 0.29) is 6.10 Å². The Hall–Kier alpha value is -1.94. The van der Waals surface area contributed by atoms with Crippen molar-refractivity contribution in [1.29, 1.82) is 0 Å². The number of fused-ring (bicyclic) bond motifs is 1. The second kappa shape index (κ2) is 4.14. The molecule has 4 nitrogen and oxygen atoms in total. The van der Waals surface area contributed by atoms with Crippen LogP contribution >= 0.6 is 0 Å². The quantitative estimate of drug-likeness (QED) is 0.825. The van der Waals surface area contributed by atoms with Crippen LogP contribution in [0.25, 0.3) is 0 Å². The Morgan fingerprint density at radius 2 is 2.24 bits per heavy atom. The topological polar surface area (TPSA) is 58.0 Å². The van der Waals surface area contributed by atoms with Crippen molar-refractivity contribution in [2.24, 2.45) is 0 Å². The summed E-state index contributed by atoms with van der Waals surface area (Å²) in [4.78, 5) is 7.98. The molecule has 0 saturated heterocycles. The minimum absolute atomic E-state index is 0.293. The van der Waals surface area contributed by atoms with Crippen molar-refractivity contribution in [3.63, 3.8) is 0 Å². The van der Waals surface area contributed by atoms with Crippen LogP contribution in [0.1, 0.15) is 23.7 Å². The second-order valence-corrected chi connectivity index (χ2v) is 4.19. The summed E-state index contributed by atoms with van der Waals surface area (Å²) in [5.41, 5.74) is 3.27. The maximum Gasteiger partial charge on any atom is 0.133 e. The highest BCUT2D eigenvalue weighted by Gasteiger charge is 2.19. The first-order valence-corrected chi connectivity index (χ1v) is 5.67. The number of nitrogens with one attached hydrogen (secondary N) is 1. The summed E-state index contributed by atoms with van der Waals surface area (Å²) in [6.07, 6.45) is 4.69. The number of aliphatic hydroxyl groups excluding tert-OH is 1. The molecule has 1 aliphatic carbocycles. The number of aryl methyl sites for hydroxylation is 1. The SMILES string of the molecule is OC1CCc2cc(Nc3ccncn3)ccc21. The van der Waals surface area contributed by atoms with Gasteiger partial charge in [-0.1, -0.05) is 6.07 Å². The number of hydrogen-bond donors (Lipinski definition) is 2. The molecule has 0 spiro atoms. The third kappa shape index (κ3) is 1.99. The molecule has 1 aromatic carbocycles. The average Bonchev–Trinajstić information content (AvgIpc) is 2.72. The lowest BCUT2D eigenvalue weighted by atomic mass is 10.1. The highest BCUT2D eigenvalue weighted by molar-refractivity contribution is 5.58. The van der Waals surface area contributed by atoms with Gasteiger partial charge in [0.05, 0.1) is 6.10 Å². The molecule has 0 amide bonds. The zero-order valence-electron chi connectivity index (χ0n) is 9.30. The second-order valence-electron chi connectivity index (χ2n) is 4.19. The summed E-state index contributed by atoms with van der Waals surface area (Å²) in [6, 6.07) is 7.85. The van der Waals surface area contributed by atoms with E-state index in [0.717, 1.165) is 29.9 Å². The number of nitrogens with zero attached hydrogens (tertiary/aromatic N) is 2. The normalized spacial score (nSPS) is 17.8. The number of anilines is 2. The van der Waals surface area contributed by atoms with Gasteiger partial charge < -0.3 is 10.4 Å². The van der Waals surface area contributed by atoms with Gasteiger partial charge in [-0.25, -0.2) is 9.97 Å². The molecule has 17 heavy (non-hydrogen) atoms. The summed E-state index contributed by atoms with van der Waals surface area (Å²) in [5.74, 6) is 0.776. The van der Waals surface area contributed by atoms with Gasteiger partial charge in [-0.05, 0) is 42.2 Å². The monoisotopic (exact) mass is 227 g/mol. The van der Waals surface area contributed by atoms with E-state index in [2.05, 4.69) is 21.4 Å². The van der Waals surface area contributed by atoms with Crippen molar-refractivity contribution in [3.8, 4) is 0 Å². The number of benzene rings is 1. The summed E-state index contributed by atoms with van der Waals surface area (Å²) in [7, 11) is 0. The first-order chi connectivity index (χ1) is 8.33. The van der Waals surface area contributed by atoms with E-state index >= 15 is 0 Å². The Balaban J connectivity index is 1.86. The smallest absolute Gasteiger partial charge is 0.133 e. The van der Waals surface area contributed by atoms with Crippen LogP contribution < -0.4 is 5.32 Å². The van der Waals surface area contributed by atoms with Gasteiger partial charge in [0.2, 0.25) is 0 Å². The number of aromatic nitrogens is 2. The third-order valence-electron chi connectivity index (χ3n) is 3.04. The van der Waals surface area contributed by atoms with E-state index in [4.69, 9.17) is 0 Å². The number of hydrogen-bond acceptors (Lipinski definition) is 4. The van der Waals surface area contributed by atoms with Crippen LogP contribution in [-0.2, 0) is 6.42 Å². The van der Waals surface area contributed by atoms with E-state index in [0.29, 0.717) is 0 Å². The standard InChI is InChI=1S/C13H13N3O/c17-12-4-1-9-7-10(2-3-11(9)12)16-13-5-6-14-8-15-13/h2-3,5-8,12,17H,1,4H2,(H,14,15,16). The Bertz CT molecular complexity index is 527. The molecule has 1 heterocycles. The predicted octanol–water partition coefficient (Wildman–Crippen LogP) is 2.20. The highest BCUT2D eigenvalue weighted by atomic mass is 16.3.